The molecule has 2 aliphatic heterocycles. The first-order valence-corrected chi connectivity index (χ1v) is 9.81. The molecule has 2 fully saturated rings. The lowest BCUT2D eigenvalue weighted by Gasteiger charge is -2.31. The maximum Gasteiger partial charge on any atom is 0.242 e. The number of hydrogen-bond acceptors (Lipinski definition) is 3. The molecule has 0 saturated carbocycles. The third-order valence-corrected chi connectivity index (χ3v) is 5.88. The van der Waals surface area contributed by atoms with Gasteiger partial charge in [-0.15, -0.1) is 0 Å². The molecule has 0 bridgehead atoms. The maximum absolute atomic E-state index is 13.6. The van der Waals surface area contributed by atoms with Crippen LogP contribution in [-0.2, 0) is 15.0 Å². The van der Waals surface area contributed by atoms with Gasteiger partial charge in [-0.25, -0.2) is 8.78 Å². The number of rotatable bonds is 4. The number of carbonyl (C=O) groups is 2. The van der Waals surface area contributed by atoms with E-state index < -0.39 is 5.41 Å². The molecule has 0 aliphatic carbocycles. The van der Waals surface area contributed by atoms with Gasteiger partial charge in [0.05, 0.1) is 6.54 Å². The average molecular weight is 399 g/mol. The van der Waals surface area contributed by atoms with Crippen molar-refractivity contribution in [3.05, 3.63) is 71.3 Å². The molecule has 0 spiro atoms. The summed E-state index contributed by atoms with van der Waals surface area (Å²) in [6.07, 6.45) is 0.442. The van der Waals surface area contributed by atoms with Crippen LogP contribution in [0.5, 0.6) is 0 Å². The van der Waals surface area contributed by atoms with Gasteiger partial charge in [-0.3, -0.25) is 9.59 Å². The minimum absolute atomic E-state index is 0.0168. The van der Waals surface area contributed by atoms with Gasteiger partial charge in [-0.2, -0.15) is 0 Å². The molecule has 1 N–H and O–H groups in total. The van der Waals surface area contributed by atoms with Crippen molar-refractivity contribution in [3.8, 4) is 0 Å². The number of nitrogens with one attached hydrogen (secondary N) is 1. The van der Waals surface area contributed by atoms with Crippen molar-refractivity contribution in [1.29, 1.82) is 0 Å². The smallest absolute Gasteiger partial charge is 0.242 e. The summed E-state index contributed by atoms with van der Waals surface area (Å²) in [6, 6.07) is 11.7. The predicted octanol–water partition coefficient (Wildman–Crippen LogP) is 1.92. The monoisotopic (exact) mass is 399 g/mol. The van der Waals surface area contributed by atoms with Crippen LogP contribution < -0.4 is 5.32 Å². The van der Waals surface area contributed by atoms with Crippen LogP contribution in [0.4, 0.5) is 8.78 Å². The second kappa shape index (κ2) is 7.91. The lowest BCUT2D eigenvalue weighted by molar-refractivity contribution is -0.140. The van der Waals surface area contributed by atoms with Crippen molar-refractivity contribution in [2.24, 2.45) is 0 Å². The largest absolute Gasteiger partial charge is 0.339 e. The van der Waals surface area contributed by atoms with E-state index in [1.807, 2.05) is 0 Å². The Morgan fingerprint density at radius 1 is 0.897 bits per heavy atom. The highest BCUT2D eigenvalue weighted by Gasteiger charge is 2.49. The highest BCUT2D eigenvalue weighted by Crippen LogP contribution is 2.42. The van der Waals surface area contributed by atoms with Crippen LogP contribution in [0.15, 0.2) is 48.5 Å². The summed E-state index contributed by atoms with van der Waals surface area (Å²) < 4.78 is 27.0. The van der Waals surface area contributed by atoms with Gasteiger partial charge < -0.3 is 15.1 Å². The van der Waals surface area contributed by atoms with E-state index in [9.17, 15) is 18.4 Å². The fourth-order valence-corrected chi connectivity index (χ4v) is 4.28. The Hall–Kier alpha value is -2.80. The summed E-state index contributed by atoms with van der Waals surface area (Å²) in [4.78, 5) is 29.6. The Kier molecular flexibility index (Phi) is 5.32. The first-order valence-electron chi connectivity index (χ1n) is 9.81. The van der Waals surface area contributed by atoms with E-state index >= 15 is 0 Å². The van der Waals surface area contributed by atoms with E-state index in [1.165, 1.54) is 24.3 Å². The van der Waals surface area contributed by atoms with Crippen LogP contribution >= 0.6 is 0 Å². The molecule has 2 amide bonds. The quantitative estimate of drug-likeness (QED) is 0.855. The van der Waals surface area contributed by atoms with E-state index in [0.717, 1.165) is 13.1 Å². The Morgan fingerprint density at radius 3 is 1.93 bits per heavy atom. The molecular formula is C22H23F2N3O2. The van der Waals surface area contributed by atoms with Gasteiger partial charge in [0.15, 0.2) is 0 Å². The third kappa shape index (κ3) is 3.62. The fraction of sp³-hybridized carbons (Fsp3) is 0.364. The number of likely N-dealkylation sites (tertiary alicyclic amines) is 1. The molecule has 4 rings (SSSR count). The topological polar surface area (TPSA) is 52.7 Å². The zero-order chi connectivity index (χ0) is 20.4. The molecule has 2 aliphatic rings. The molecule has 2 aromatic carbocycles. The zero-order valence-corrected chi connectivity index (χ0v) is 16.0. The summed E-state index contributed by atoms with van der Waals surface area (Å²) >= 11 is 0. The fourth-order valence-electron chi connectivity index (χ4n) is 4.28. The van der Waals surface area contributed by atoms with Crippen LogP contribution in [0, 0.1) is 11.6 Å². The van der Waals surface area contributed by atoms with Crippen molar-refractivity contribution in [2.75, 3.05) is 39.3 Å². The number of benzene rings is 2. The molecule has 2 aromatic rings. The van der Waals surface area contributed by atoms with Crippen LogP contribution in [0.25, 0.3) is 0 Å². The summed E-state index contributed by atoms with van der Waals surface area (Å²) in [5, 5.41) is 3.20. The zero-order valence-electron chi connectivity index (χ0n) is 16.0. The van der Waals surface area contributed by atoms with Crippen molar-refractivity contribution in [2.45, 2.75) is 11.8 Å². The molecule has 2 saturated heterocycles. The molecule has 152 valence electrons. The van der Waals surface area contributed by atoms with E-state index in [1.54, 1.807) is 34.1 Å². The molecular weight excluding hydrogens is 376 g/mol. The van der Waals surface area contributed by atoms with Gasteiger partial charge in [0, 0.05) is 32.7 Å². The van der Waals surface area contributed by atoms with Crippen LogP contribution in [0.2, 0.25) is 0 Å². The molecule has 0 aromatic heterocycles. The van der Waals surface area contributed by atoms with E-state index in [0.29, 0.717) is 37.2 Å². The minimum atomic E-state index is -1.05. The number of piperazine rings is 1. The Bertz CT molecular complexity index is 848. The normalized spacial score (nSPS) is 18.9. The first-order chi connectivity index (χ1) is 14.0. The number of hydrogen-bond donors (Lipinski definition) is 1. The van der Waals surface area contributed by atoms with Crippen molar-refractivity contribution >= 4 is 11.8 Å². The Labute approximate surface area is 168 Å². The third-order valence-electron chi connectivity index (χ3n) is 5.88. The van der Waals surface area contributed by atoms with Gasteiger partial charge in [-0.1, -0.05) is 24.3 Å². The van der Waals surface area contributed by atoms with Gasteiger partial charge >= 0.3 is 0 Å². The first kappa shape index (κ1) is 19.5. The second-order valence-corrected chi connectivity index (χ2v) is 7.53. The Morgan fingerprint density at radius 2 is 1.41 bits per heavy atom. The molecule has 0 unspecified atom stereocenters. The van der Waals surface area contributed by atoms with Crippen LogP contribution in [0.3, 0.4) is 0 Å². The lowest BCUT2D eigenvalue weighted by atomic mass is 9.73. The minimum Gasteiger partial charge on any atom is -0.339 e. The summed E-state index contributed by atoms with van der Waals surface area (Å²) in [6.45, 7) is 3.17. The van der Waals surface area contributed by atoms with Gasteiger partial charge in [0.25, 0.3) is 0 Å². The van der Waals surface area contributed by atoms with Gasteiger partial charge in [-0.05, 0) is 41.8 Å². The Balaban J connectivity index is 1.65. The highest BCUT2D eigenvalue weighted by molar-refractivity contribution is 5.96. The molecule has 0 atom stereocenters. The second-order valence-electron chi connectivity index (χ2n) is 7.53. The summed E-state index contributed by atoms with van der Waals surface area (Å²) in [7, 11) is 0. The van der Waals surface area contributed by atoms with Gasteiger partial charge in [0.2, 0.25) is 11.8 Å². The summed E-state index contributed by atoms with van der Waals surface area (Å²) in [5.74, 6) is -1.06. The van der Waals surface area contributed by atoms with E-state index in [4.69, 9.17) is 0 Å². The number of halogens is 2. The molecule has 7 heteroatoms. The maximum atomic E-state index is 13.6. The van der Waals surface area contributed by atoms with Crippen molar-refractivity contribution in [3.63, 3.8) is 0 Å². The SMILES string of the molecule is O=C(CN1CCC(c2ccc(F)cc2)(c2ccc(F)cc2)C1=O)N1CCNCC1. The van der Waals surface area contributed by atoms with Crippen molar-refractivity contribution in [1.82, 2.24) is 15.1 Å². The van der Waals surface area contributed by atoms with Crippen molar-refractivity contribution < 1.29 is 18.4 Å². The summed E-state index contributed by atoms with van der Waals surface area (Å²) in [5.41, 5.74) is 0.241. The van der Waals surface area contributed by atoms with E-state index in [2.05, 4.69) is 5.32 Å². The molecule has 5 nitrogen and oxygen atoms in total. The molecule has 2 heterocycles. The van der Waals surface area contributed by atoms with Gasteiger partial charge in [0.1, 0.15) is 17.0 Å². The standard InChI is InChI=1S/C22H23F2N3O2/c23-18-5-1-16(2-6-18)22(17-3-7-19(24)8-4-17)9-12-27(21(22)29)15-20(28)26-13-10-25-11-14-26/h1-8,25H,9-15H2. The number of amides is 2. The number of carbonyl (C=O) groups excluding carboxylic acids is 2. The van der Waals surface area contributed by atoms with Crippen LogP contribution in [-0.4, -0.2) is 60.9 Å². The lowest BCUT2D eigenvalue weighted by Crippen LogP contribution is -2.50. The van der Waals surface area contributed by atoms with E-state index in [-0.39, 0.29) is 30.0 Å². The number of nitrogens with zero attached hydrogens (tertiary/aromatic N) is 2. The molecule has 0 radical (unpaired) electrons. The average Bonchev–Trinajstić information content (AvgIpc) is 3.07. The predicted molar refractivity (Wildman–Crippen MR) is 104 cm³/mol. The highest BCUT2D eigenvalue weighted by atomic mass is 19.1. The molecule has 29 heavy (non-hydrogen) atoms. The van der Waals surface area contributed by atoms with Crippen LogP contribution in [0.1, 0.15) is 17.5 Å².